The number of nitrogens with zero attached hydrogens (tertiary/aromatic N) is 3. The van der Waals surface area contributed by atoms with Gasteiger partial charge in [0.05, 0.1) is 25.1 Å². The van der Waals surface area contributed by atoms with Crippen LogP contribution in [-0.4, -0.2) is 31.2 Å². The molecule has 0 saturated heterocycles. The third-order valence-electron chi connectivity index (χ3n) is 3.59. The summed E-state index contributed by atoms with van der Waals surface area (Å²) in [5.41, 5.74) is 2.69. The Labute approximate surface area is 163 Å². The van der Waals surface area contributed by atoms with Gasteiger partial charge in [-0.15, -0.1) is 11.3 Å². The van der Waals surface area contributed by atoms with Crippen molar-refractivity contribution in [3.8, 4) is 11.3 Å². The first-order valence-corrected chi connectivity index (χ1v) is 9.61. The molecule has 0 atom stereocenters. The molecule has 0 unspecified atom stereocenters. The quantitative estimate of drug-likeness (QED) is 0.415. The van der Waals surface area contributed by atoms with Crippen LogP contribution in [0.15, 0.2) is 68.5 Å². The van der Waals surface area contributed by atoms with Gasteiger partial charge < -0.3 is 4.74 Å². The summed E-state index contributed by atoms with van der Waals surface area (Å²) in [6, 6.07) is 14.2. The van der Waals surface area contributed by atoms with Gasteiger partial charge >= 0.3 is 0 Å². The lowest BCUT2D eigenvalue weighted by atomic mass is 10.2. The summed E-state index contributed by atoms with van der Waals surface area (Å²) in [5, 5.41) is 6.59. The predicted octanol–water partition coefficient (Wildman–Crippen LogP) is 4.55. The molecule has 0 spiro atoms. The van der Waals surface area contributed by atoms with Crippen LogP contribution >= 0.6 is 27.3 Å². The summed E-state index contributed by atoms with van der Waals surface area (Å²) in [4.78, 5) is 5.31. The molecule has 3 rings (SSSR count). The van der Waals surface area contributed by atoms with E-state index in [4.69, 9.17) is 4.74 Å². The second kappa shape index (κ2) is 9.02. The van der Waals surface area contributed by atoms with Gasteiger partial charge in [0, 0.05) is 28.1 Å². The zero-order valence-corrected chi connectivity index (χ0v) is 16.5. The van der Waals surface area contributed by atoms with Crippen LogP contribution in [0.5, 0.6) is 0 Å². The van der Waals surface area contributed by atoms with Crippen molar-refractivity contribution < 1.29 is 9.13 Å². The standard InChI is InChI=1S/C19H17BrFN3OS/c1-25-11-10-22-19-24(23-12-15-4-2-3-5-17(15)20)18(13-26-19)14-6-8-16(21)9-7-14/h2-9,12-13H,10-11H2,1H3. The van der Waals surface area contributed by atoms with Crippen LogP contribution in [0.2, 0.25) is 0 Å². The van der Waals surface area contributed by atoms with Crippen molar-refractivity contribution in [3.63, 3.8) is 0 Å². The molecule has 134 valence electrons. The van der Waals surface area contributed by atoms with Crippen LogP contribution in [-0.2, 0) is 4.74 Å². The van der Waals surface area contributed by atoms with Crippen molar-refractivity contribution in [1.82, 2.24) is 4.68 Å². The summed E-state index contributed by atoms with van der Waals surface area (Å²) in [6.45, 7) is 1.09. The predicted molar refractivity (Wildman–Crippen MR) is 107 cm³/mol. The van der Waals surface area contributed by atoms with E-state index in [1.165, 1.54) is 23.5 Å². The van der Waals surface area contributed by atoms with Crippen LogP contribution < -0.4 is 4.80 Å². The van der Waals surface area contributed by atoms with Gasteiger partial charge in [0.2, 0.25) is 4.80 Å². The largest absolute Gasteiger partial charge is 0.383 e. The Balaban J connectivity index is 2.04. The third-order valence-corrected chi connectivity index (χ3v) is 5.16. The van der Waals surface area contributed by atoms with Crippen molar-refractivity contribution in [2.45, 2.75) is 0 Å². The second-order valence-electron chi connectivity index (χ2n) is 5.36. The zero-order chi connectivity index (χ0) is 18.4. The van der Waals surface area contributed by atoms with E-state index in [0.717, 1.165) is 26.1 Å². The molecule has 0 radical (unpaired) electrons. The van der Waals surface area contributed by atoms with Crippen LogP contribution in [0, 0.1) is 5.82 Å². The number of aromatic nitrogens is 1. The molecule has 4 nitrogen and oxygen atoms in total. The lowest BCUT2D eigenvalue weighted by Gasteiger charge is -2.04. The molecule has 0 N–H and O–H groups in total. The van der Waals surface area contributed by atoms with Crippen molar-refractivity contribution >= 4 is 33.5 Å². The lowest BCUT2D eigenvalue weighted by molar-refractivity contribution is 0.207. The smallest absolute Gasteiger partial charge is 0.206 e. The Morgan fingerprint density at radius 1 is 1.19 bits per heavy atom. The summed E-state index contributed by atoms with van der Waals surface area (Å²) >= 11 is 5.01. The number of hydrogen-bond donors (Lipinski definition) is 0. The highest BCUT2D eigenvalue weighted by Crippen LogP contribution is 2.21. The van der Waals surface area contributed by atoms with Gasteiger partial charge in [-0.1, -0.05) is 34.1 Å². The van der Waals surface area contributed by atoms with E-state index in [-0.39, 0.29) is 5.82 Å². The van der Waals surface area contributed by atoms with Crippen molar-refractivity contribution in [3.05, 3.63) is 74.6 Å². The van der Waals surface area contributed by atoms with Gasteiger partial charge in [0.15, 0.2) is 0 Å². The van der Waals surface area contributed by atoms with E-state index in [2.05, 4.69) is 26.0 Å². The van der Waals surface area contributed by atoms with E-state index < -0.39 is 0 Å². The number of methoxy groups -OCH3 is 1. The molecule has 0 fully saturated rings. The fraction of sp³-hybridized carbons (Fsp3) is 0.158. The maximum Gasteiger partial charge on any atom is 0.206 e. The molecule has 26 heavy (non-hydrogen) atoms. The molecular weight excluding hydrogens is 417 g/mol. The maximum absolute atomic E-state index is 13.3. The zero-order valence-electron chi connectivity index (χ0n) is 14.1. The molecule has 3 aromatic rings. The van der Waals surface area contributed by atoms with Crippen LogP contribution in [0.25, 0.3) is 11.3 Å². The molecule has 7 heteroatoms. The van der Waals surface area contributed by atoms with E-state index in [1.54, 1.807) is 30.1 Å². The van der Waals surface area contributed by atoms with Crippen LogP contribution in [0.4, 0.5) is 4.39 Å². The number of halogens is 2. The van der Waals surface area contributed by atoms with Crippen LogP contribution in [0.3, 0.4) is 0 Å². The normalized spacial score (nSPS) is 12.2. The Hall–Kier alpha value is -2.09. The third kappa shape index (κ3) is 4.55. The van der Waals surface area contributed by atoms with Gasteiger partial charge in [-0.05, 0) is 30.3 Å². The van der Waals surface area contributed by atoms with Gasteiger partial charge in [-0.2, -0.15) is 5.10 Å². The summed E-state index contributed by atoms with van der Waals surface area (Å²) < 4.78 is 21.1. The van der Waals surface area contributed by atoms with E-state index >= 15 is 0 Å². The average Bonchev–Trinajstić information content (AvgIpc) is 3.05. The highest BCUT2D eigenvalue weighted by Gasteiger charge is 2.08. The van der Waals surface area contributed by atoms with Gasteiger partial charge in [0.1, 0.15) is 5.82 Å². The van der Waals surface area contributed by atoms with Crippen molar-refractivity contribution in [1.29, 1.82) is 0 Å². The molecule has 0 bridgehead atoms. The summed E-state index contributed by atoms with van der Waals surface area (Å²) in [6.07, 6.45) is 1.78. The van der Waals surface area contributed by atoms with Gasteiger partial charge in [-0.25, -0.2) is 9.07 Å². The first kappa shape index (κ1) is 18.7. The van der Waals surface area contributed by atoms with E-state index in [9.17, 15) is 4.39 Å². The maximum atomic E-state index is 13.3. The molecule has 0 saturated carbocycles. The Kier molecular flexibility index (Phi) is 6.49. The molecule has 0 aliphatic rings. The molecule has 0 aliphatic heterocycles. The fourth-order valence-electron chi connectivity index (χ4n) is 2.27. The Morgan fingerprint density at radius 3 is 2.69 bits per heavy atom. The SMILES string of the molecule is COCCN=c1scc(-c2ccc(F)cc2)n1N=Cc1ccccc1Br. The first-order chi connectivity index (χ1) is 12.7. The molecule has 2 aromatic carbocycles. The van der Waals surface area contributed by atoms with Crippen molar-refractivity contribution in [2.24, 2.45) is 10.1 Å². The highest BCUT2D eigenvalue weighted by molar-refractivity contribution is 9.10. The molecule has 0 amide bonds. The Morgan fingerprint density at radius 2 is 1.96 bits per heavy atom. The topological polar surface area (TPSA) is 38.9 Å². The number of rotatable bonds is 6. The van der Waals surface area contributed by atoms with E-state index in [1.807, 2.05) is 29.6 Å². The molecule has 0 aliphatic carbocycles. The average molecular weight is 434 g/mol. The van der Waals surface area contributed by atoms with E-state index in [0.29, 0.717) is 13.2 Å². The summed E-state index contributed by atoms with van der Waals surface area (Å²) in [7, 11) is 1.65. The summed E-state index contributed by atoms with van der Waals surface area (Å²) in [5.74, 6) is -0.266. The Bertz CT molecular complexity index is 963. The first-order valence-electron chi connectivity index (χ1n) is 7.94. The number of ether oxygens (including phenoxy) is 1. The fourth-order valence-corrected chi connectivity index (χ4v) is 3.52. The highest BCUT2D eigenvalue weighted by atomic mass is 79.9. The minimum atomic E-state index is -0.266. The molecular formula is C19H17BrFN3OS. The molecule has 1 aromatic heterocycles. The van der Waals surface area contributed by atoms with Crippen molar-refractivity contribution in [2.75, 3.05) is 20.3 Å². The number of benzene rings is 2. The molecule has 1 heterocycles. The monoisotopic (exact) mass is 433 g/mol. The second-order valence-corrected chi connectivity index (χ2v) is 7.05. The van der Waals surface area contributed by atoms with Gasteiger partial charge in [0.25, 0.3) is 0 Å². The lowest BCUT2D eigenvalue weighted by Crippen LogP contribution is -2.13. The minimum absolute atomic E-state index is 0.266. The number of hydrogen-bond acceptors (Lipinski definition) is 4. The van der Waals surface area contributed by atoms with Gasteiger partial charge in [-0.3, -0.25) is 4.99 Å². The number of thiazole rings is 1. The minimum Gasteiger partial charge on any atom is -0.383 e. The van der Waals surface area contributed by atoms with Crippen LogP contribution in [0.1, 0.15) is 5.56 Å².